The number of carbonyl (C=O) groups excluding carboxylic acids is 1. The van der Waals surface area contributed by atoms with Crippen molar-refractivity contribution in [3.63, 3.8) is 0 Å². The Kier molecular flexibility index (Phi) is 2.38. The quantitative estimate of drug-likeness (QED) is 0.881. The largest absolute Gasteiger partial charge is 0.369 e. The second kappa shape index (κ2) is 3.99. The normalized spacial score (nSPS) is 24.4. The Morgan fingerprint density at radius 1 is 1.26 bits per heavy atom. The predicted octanol–water partition coefficient (Wildman–Crippen LogP) is 2.43. The number of benzene rings is 1. The molecule has 3 aliphatic rings. The van der Waals surface area contributed by atoms with E-state index in [9.17, 15) is 4.79 Å². The maximum absolute atomic E-state index is 12.0. The summed E-state index contributed by atoms with van der Waals surface area (Å²) in [6.07, 6.45) is 5.74. The van der Waals surface area contributed by atoms with Gasteiger partial charge in [-0.1, -0.05) is 12.1 Å². The van der Waals surface area contributed by atoms with Gasteiger partial charge >= 0.3 is 0 Å². The third-order valence-corrected chi connectivity index (χ3v) is 5.04. The highest BCUT2D eigenvalue weighted by Gasteiger charge is 2.52. The Hall–Kier alpha value is -1.51. The molecule has 4 rings (SSSR count). The summed E-state index contributed by atoms with van der Waals surface area (Å²) in [6, 6.07) is 8.01. The van der Waals surface area contributed by atoms with Crippen molar-refractivity contribution in [3.05, 3.63) is 29.8 Å². The van der Waals surface area contributed by atoms with E-state index in [4.69, 9.17) is 0 Å². The van der Waals surface area contributed by atoms with E-state index in [1.54, 1.807) is 0 Å². The molecule has 1 aromatic carbocycles. The Balaban J connectivity index is 1.54. The van der Waals surface area contributed by atoms with Crippen LogP contribution in [0.4, 0.5) is 5.69 Å². The molecule has 100 valence electrons. The van der Waals surface area contributed by atoms with Gasteiger partial charge < -0.3 is 10.2 Å². The number of fused-ring (bicyclic) bond motifs is 1. The summed E-state index contributed by atoms with van der Waals surface area (Å²) in [6.45, 7) is 2.81. The summed E-state index contributed by atoms with van der Waals surface area (Å²) in [5.41, 5.74) is 2.72. The molecule has 3 heteroatoms. The average molecular weight is 256 g/mol. The number of para-hydroxylation sites is 1. The highest BCUT2D eigenvalue weighted by atomic mass is 16.1. The van der Waals surface area contributed by atoms with E-state index in [2.05, 4.69) is 16.3 Å². The zero-order valence-corrected chi connectivity index (χ0v) is 11.2. The highest BCUT2D eigenvalue weighted by Crippen LogP contribution is 2.63. The van der Waals surface area contributed by atoms with Gasteiger partial charge in [-0.25, -0.2) is 0 Å². The first-order valence-electron chi connectivity index (χ1n) is 7.38. The van der Waals surface area contributed by atoms with Gasteiger partial charge in [0.15, 0.2) is 0 Å². The summed E-state index contributed by atoms with van der Waals surface area (Å²) in [5.74, 6) is 0.911. The SMILES string of the molecule is O=C1NCCN(CC2CC3(CC3)C2)c2ccccc21. The number of rotatable bonds is 2. The summed E-state index contributed by atoms with van der Waals surface area (Å²) >= 11 is 0. The van der Waals surface area contributed by atoms with Crippen LogP contribution in [0.5, 0.6) is 0 Å². The summed E-state index contributed by atoms with van der Waals surface area (Å²) < 4.78 is 0. The smallest absolute Gasteiger partial charge is 0.253 e. The van der Waals surface area contributed by atoms with Crippen LogP contribution in [0.1, 0.15) is 36.0 Å². The van der Waals surface area contributed by atoms with Crippen molar-refractivity contribution >= 4 is 11.6 Å². The maximum atomic E-state index is 12.0. The first-order valence-corrected chi connectivity index (χ1v) is 7.38. The fourth-order valence-corrected chi connectivity index (χ4v) is 3.84. The lowest BCUT2D eigenvalue weighted by Gasteiger charge is -2.39. The van der Waals surface area contributed by atoms with Crippen molar-refractivity contribution in [2.75, 3.05) is 24.5 Å². The molecule has 2 aliphatic carbocycles. The molecule has 0 saturated heterocycles. The Morgan fingerprint density at radius 2 is 2.05 bits per heavy atom. The van der Waals surface area contributed by atoms with Crippen LogP contribution in [0.3, 0.4) is 0 Å². The average Bonchev–Trinajstić information content (AvgIpc) is 3.17. The van der Waals surface area contributed by atoms with Crippen LogP contribution in [0.15, 0.2) is 24.3 Å². The Morgan fingerprint density at radius 3 is 2.84 bits per heavy atom. The van der Waals surface area contributed by atoms with Gasteiger partial charge in [-0.3, -0.25) is 4.79 Å². The first-order chi connectivity index (χ1) is 9.26. The van der Waals surface area contributed by atoms with Crippen LogP contribution in [-0.4, -0.2) is 25.5 Å². The van der Waals surface area contributed by atoms with Gasteiger partial charge in [-0.2, -0.15) is 0 Å². The molecule has 0 bridgehead atoms. The second-order valence-corrected chi connectivity index (χ2v) is 6.49. The van der Waals surface area contributed by atoms with Gasteiger partial charge in [0, 0.05) is 25.3 Å². The summed E-state index contributed by atoms with van der Waals surface area (Å²) in [7, 11) is 0. The van der Waals surface area contributed by atoms with Crippen molar-refractivity contribution in [1.29, 1.82) is 0 Å². The van der Waals surface area contributed by atoms with Crippen molar-refractivity contribution in [3.8, 4) is 0 Å². The number of nitrogens with zero attached hydrogens (tertiary/aromatic N) is 1. The number of hydrogen-bond donors (Lipinski definition) is 1. The van der Waals surface area contributed by atoms with E-state index in [1.807, 2.05) is 18.2 Å². The molecule has 1 N–H and O–H groups in total. The molecule has 2 fully saturated rings. The molecule has 0 radical (unpaired) electrons. The van der Waals surface area contributed by atoms with Crippen molar-refractivity contribution in [1.82, 2.24) is 5.32 Å². The predicted molar refractivity (Wildman–Crippen MR) is 75.4 cm³/mol. The third-order valence-electron chi connectivity index (χ3n) is 5.04. The first kappa shape index (κ1) is 11.3. The van der Waals surface area contributed by atoms with E-state index in [1.165, 1.54) is 25.7 Å². The van der Waals surface area contributed by atoms with Crippen LogP contribution in [0, 0.1) is 11.3 Å². The van der Waals surface area contributed by atoms with E-state index in [-0.39, 0.29) is 5.91 Å². The molecule has 3 nitrogen and oxygen atoms in total. The van der Waals surface area contributed by atoms with Gasteiger partial charge in [0.1, 0.15) is 0 Å². The van der Waals surface area contributed by atoms with Crippen LogP contribution >= 0.6 is 0 Å². The molecule has 1 spiro atoms. The molecule has 1 heterocycles. The van der Waals surface area contributed by atoms with Crippen LogP contribution in [0.25, 0.3) is 0 Å². The molecule has 2 saturated carbocycles. The number of hydrogen-bond acceptors (Lipinski definition) is 2. The molecule has 19 heavy (non-hydrogen) atoms. The van der Waals surface area contributed by atoms with E-state index < -0.39 is 0 Å². The molecular formula is C16H20N2O. The van der Waals surface area contributed by atoms with Crippen molar-refractivity contribution in [2.24, 2.45) is 11.3 Å². The fraction of sp³-hybridized carbons (Fsp3) is 0.562. The molecule has 1 amide bonds. The van der Waals surface area contributed by atoms with E-state index >= 15 is 0 Å². The summed E-state index contributed by atoms with van der Waals surface area (Å²) in [4.78, 5) is 14.4. The zero-order valence-electron chi connectivity index (χ0n) is 11.2. The minimum absolute atomic E-state index is 0.0744. The van der Waals surface area contributed by atoms with Crippen LogP contribution < -0.4 is 10.2 Å². The Bertz CT molecular complexity index is 513. The van der Waals surface area contributed by atoms with Gasteiger partial charge in [0.2, 0.25) is 0 Å². The maximum Gasteiger partial charge on any atom is 0.253 e. The highest BCUT2D eigenvalue weighted by molar-refractivity contribution is 6.00. The summed E-state index contributed by atoms with van der Waals surface area (Å²) in [5, 5.41) is 2.99. The second-order valence-electron chi connectivity index (χ2n) is 6.49. The Labute approximate surface area is 114 Å². The van der Waals surface area contributed by atoms with Gasteiger partial charge in [-0.15, -0.1) is 0 Å². The van der Waals surface area contributed by atoms with Crippen molar-refractivity contribution < 1.29 is 4.79 Å². The lowest BCUT2D eigenvalue weighted by atomic mass is 9.71. The monoisotopic (exact) mass is 256 g/mol. The van der Waals surface area contributed by atoms with Crippen LogP contribution in [-0.2, 0) is 0 Å². The van der Waals surface area contributed by atoms with Gasteiger partial charge in [0.05, 0.1) is 5.56 Å². The topological polar surface area (TPSA) is 32.3 Å². The third kappa shape index (κ3) is 1.92. The minimum Gasteiger partial charge on any atom is -0.369 e. The van der Waals surface area contributed by atoms with E-state index in [0.29, 0.717) is 0 Å². The lowest BCUT2D eigenvalue weighted by Crippen LogP contribution is -2.39. The molecular weight excluding hydrogens is 236 g/mol. The zero-order chi connectivity index (χ0) is 12.9. The van der Waals surface area contributed by atoms with Gasteiger partial charge in [0.25, 0.3) is 5.91 Å². The number of amides is 1. The number of anilines is 1. The minimum atomic E-state index is 0.0744. The molecule has 0 unspecified atom stereocenters. The molecule has 1 aliphatic heterocycles. The standard InChI is InChI=1S/C16H20N2O/c19-15-13-3-1-2-4-14(13)18(8-7-17-15)11-12-9-16(10-12)5-6-16/h1-4,12H,5-11H2,(H,17,19). The number of carbonyl (C=O) groups is 1. The fourth-order valence-electron chi connectivity index (χ4n) is 3.84. The van der Waals surface area contributed by atoms with E-state index in [0.717, 1.165) is 42.2 Å². The van der Waals surface area contributed by atoms with Crippen molar-refractivity contribution in [2.45, 2.75) is 25.7 Å². The molecule has 1 aromatic rings. The van der Waals surface area contributed by atoms with Crippen LogP contribution in [0.2, 0.25) is 0 Å². The number of nitrogens with one attached hydrogen (secondary N) is 1. The lowest BCUT2D eigenvalue weighted by molar-refractivity contribution is 0.0958. The molecule has 0 aromatic heterocycles. The molecule has 0 atom stereocenters. The van der Waals surface area contributed by atoms with Gasteiger partial charge in [-0.05, 0) is 49.1 Å².